The third kappa shape index (κ3) is 2.15. The van der Waals surface area contributed by atoms with Crippen molar-refractivity contribution in [2.45, 2.75) is 72.3 Å². The molecule has 0 heterocycles. The highest BCUT2D eigenvalue weighted by molar-refractivity contribution is 5.13. The number of hydrogen-bond donors (Lipinski definition) is 1. The van der Waals surface area contributed by atoms with Crippen molar-refractivity contribution in [3.05, 3.63) is 11.6 Å². The van der Waals surface area contributed by atoms with Crippen LogP contribution in [0.5, 0.6) is 0 Å². The normalized spacial score (nSPS) is 45.1. The van der Waals surface area contributed by atoms with Crippen molar-refractivity contribution in [1.29, 1.82) is 0 Å². The summed E-state index contributed by atoms with van der Waals surface area (Å²) in [5.74, 6) is 2.26. The predicted octanol–water partition coefficient (Wildman–Crippen LogP) is 4.56. The summed E-state index contributed by atoms with van der Waals surface area (Å²) in [6.07, 6.45) is 9.53. The predicted molar refractivity (Wildman–Crippen MR) is 77.4 cm³/mol. The number of hydrogen-bond acceptors (Lipinski definition) is 1. The monoisotopic (exact) mass is 250 g/mol. The molecular weight excluding hydrogens is 220 g/mol. The quantitative estimate of drug-likeness (QED) is 0.728. The van der Waals surface area contributed by atoms with Crippen molar-refractivity contribution in [2.75, 3.05) is 0 Å². The molecule has 0 amide bonds. The minimum Gasteiger partial charge on any atom is -0.393 e. The third-order valence-electron chi connectivity index (χ3n) is 5.97. The molecule has 0 aliphatic heterocycles. The maximum atomic E-state index is 10.3. The van der Waals surface area contributed by atoms with Gasteiger partial charge in [0.2, 0.25) is 0 Å². The molecule has 1 nitrogen and oxygen atoms in total. The standard InChI is InChI=1S/C17H30O/c1-5-7-13(6-2)14-10-11-17(4)15(12(14)3)8-9-16(17)18/h7,12,14-16,18H,5-6,8-11H2,1-4H3/b13-7+/t12-,14?,15+,16+,17+/m1/s1. The van der Waals surface area contributed by atoms with E-state index in [0.717, 1.165) is 30.6 Å². The maximum absolute atomic E-state index is 10.3. The minimum atomic E-state index is -0.0499. The maximum Gasteiger partial charge on any atom is 0.0596 e. The largest absolute Gasteiger partial charge is 0.393 e. The van der Waals surface area contributed by atoms with Gasteiger partial charge >= 0.3 is 0 Å². The van der Waals surface area contributed by atoms with Crippen LogP contribution in [0.4, 0.5) is 0 Å². The van der Waals surface area contributed by atoms with Crippen molar-refractivity contribution in [3.8, 4) is 0 Å². The van der Waals surface area contributed by atoms with Gasteiger partial charge in [0, 0.05) is 0 Å². The van der Waals surface area contributed by atoms with Crippen molar-refractivity contribution >= 4 is 0 Å². The van der Waals surface area contributed by atoms with E-state index in [1.54, 1.807) is 5.57 Å². The van der Waals surface area contributed by atoms with Crippen LogP contribution in [0.3, 0.4) is 0 Å². The topological polar surface area (TPSA) is 20.2 Å². The molecule has 18 heavy (non-hydrogen) atoms. The highest BCUT2D eigenvalue weighted by atomic mass is 16.3. The average molecular weight is 250 g/mol. The van der Waals surface area contributed by atoms with Crippen LogP contribution in [0.25, 0.3) is 0 Å². The molecule has 0 radical (unpaired) electrons. The molecule has 0 aromatic rings. The van der Waals surface area contributed by atoms with E-state index in [2.05, 4.69) is 33.8 Å². The molecule has 0 spiro atoms. The first kappa shape index (κ1) is 14.1. The van der Waals surface area contributed by atoms with Gasteiger partial charge in [0.1, 0.15) is 0 Å². The molecule has 0 aromatic heterocycles. The molecule has 2 aliphatic rings. The number of rotatable bonds is 3. The number of fused-ring (bicyclic) bond motifs is 1. The second-order valence-corrected chi connectivity index (χ2v) is 6.75. The summed E-state index contributed by atoms with van der Waals surface area (Å²) in [5, 5.41) is 10.3. The van der Waals surface area contributed by atoms with Crippen LogP contribution in [-0.2, 0) is 0 Å². The zero-order valence-corrected chi connectivity index (χ0v) is 12.6. The van der Waals surface area contributed by atoms with Gasteiger partial charge in [-0.15, -0.1) is 0 Å². The molecule has 5 atom stereocenters. The molecule has 0 bridgehead atoms. The Kier molecular flexibility index (Phi) is 4.21. The van der Waals surface area contributed by atoms with E-state index in [9.17, 15) is 5.11 Å². The molecule has 2 aliphatic carbocycles. The second-order valence-electron chi connectivity index (χ2n) is 6.75. The number of allylic oxidation sites excluding steroid dienone is 2. The average Bonchev–Trinajstić information content (AvgIpc) is 2.65. The van der Waals surface area contributed by atoms with Crippen LogP contribution in [0.15, 0.2) is 11.6 Å². The summed E-state index contributed by atoms with van der Waals surface area (Å²) in [6, 6.07) is 0. The fourth-order valence-corrected chi connectivity index (χ4v) is 4.81. The third-order valence-corrected chi connectivity index (χ3v) is 5.97. The zero-order chi connectivity index (χ0) is 13.3. The van der Waals surface area contributed by atoms with E-state index in [1.165, 1.54) is 25.7 Å². The lowest BCUT2D eigenvalue weighted by molar-refractivity contribution is -0.0215. The lowest BCUT2D eigenvalue weighted by Crippen LogP contribution is -2.42. The van der Waals surface area contributed by atoms with Gasteiger partial charge in [-0.2, -0.15) is 0 Å². The van der Waals surface area contributed by atoms with Crippen LogP contribution in [0.1, 0.15) is 66.2 Å². The first-order chi connectivity index (χ1) is 8.54. The molecule has 0 saturated heterocycles. The summed E-state index contributed by atoms with van der Waals surface area (Å²) in [5.41, 5.74) is 1.88. The first-order valence-electron chi connectivity index (χ1n) is 7.91. The highest BCUT2D eigenvalue weighted by Crippen LogP contribution is 2.57. The molecular formula is C17H30O. The fourth-order valence-electron chi connectivity index (χ4n) is 4.81. The van der Waals surface area contributed by atoms with Crippen molar-refractivity contribution in [3.63, 3.8) is 0 Å². The van der Waals surface area contributed by atoms with Gasteiger partial charge in [0.25, 0.3) is 0 Å². The molecule has 1 N–H and O–H groups in total. The number of aliphatic hydroxyl groups is 1. The lowest BCUT2D eigenvalue weighted by Gasteiger charge is -2.47. The second kappa shape index (κ2) is 5.36. The summed E-state index contributed by atoms with van der Waals surface area (Å²) >= 11 is 0. The lowest BCUT2D eigenvalue weighted by atomic mass is 9.59. The fraction of sp³-hybridized carbons (Fsp3) is 0.882. The van der Waals surface area contributed by atoms with E-state index in [0.29, 0.717) is 0 Å². The Labute approximate surface area is 113 Å². The van der Waals surface area contributed by atoms with E-state index < -0.39 is 0 Å². The van der Waals surface area contributed by atoms with Crippen molar-refractivity contribution in [2.24, 2.45) is 23.2 Å². The molecule has 2 rings (SSSR count). The molecule has 2 saturated carbocycles. The molecule has 0 aromatic carbocycles. The van der Waals surface area contributed by atoms with Gasteiger partial charge in [-0.25, -0.2) is 0 Å². The summed E-state index contributed by atoms with van der Waals surface area (Å²) < 4.78 is 0. The van der Waals surface area contributed by atoms with Crippen LogP contribution in [-0.4, -0.2) is 11.2 Å². The van der Waals surface area contributed by atoms with E-state index in [4.69, 9.17) is 0 Å². The summed E-state index contributed by atoms with van der Waals surface area (Å²) in [4.78, 5) is 0. The molecule has 104 valence electrons. The van der Waals surface area contributed by atoms with Gasteiger partial charge in [-0.1, -0.05) is 39.3 Å². The number of aliphatic hydroxyl groups excluding tert-OH is 1. The molecule has 1 unspecified atom stereocenters. The van der Waals surface area contributed by atoms with Gasteiger partial charge in [0.05, 0.1) is 6.10 Å². The van der Waals surface area contributed by atoms with Gasteiger partial charge in [-0.3, -0.25) is 0 Å². The minimum absolute atomic E-state index is 0.0499. The molecule has 1 heteroatoms. The van der Waals surface area contributed by atoms with Crippen molar-refractivity contribution < 1.29 is 5.11 Å². The van der Waals surface area contributed by atoms with Gasteiger partial charge in [-0.05, 0) is 61.7 Å². The van der Waals surface area contributed by atoms with Crippen molar-refractivity contribution in [1.82, 2.24) is 0 Å². The Morgan fingerprint density at radius 2 is 2.00 bits per heavy atom. The first-order valence-corrected chi connectivity index (χ1v) is 7.91. The Morgan fingerprint density at radius 1 is 1.28 bits per heavy atom. The van der Waals surface area contributed by atoms with Gasteiger partial charge in [0.15, 0.2) is 0 Å². The van der Waals surface area contributed by atoms with Crippen LogP contribution in [0.2, 0.25) is 0 Å². The Morgan fingerprint density at radius 3 is 2.61 bits per heavy atom. The van der Waals surface area contributed by atoms with Crippen LogP contribution < -0.4 is 0 Å². The Balaban J connectivity index is 2.18. The Hall–Kier alpha value is -0.300. The van der Waals surface area contributed by atoms with Gasteiger partial charge < -0.3 is 5.11 Å². The van der Waals surface area contributed by atoms with E-state index >= 15 is 0 Å². The zero-order valence-electron chi connectivity index (χ0n) is 12.6. The van der Waals surface area contributed by atoms with Crippen LogP contribution in [0, 0.1) is 23.2 Å². The van der Waals surface area contributed by atoms with E-state index in [1.807, 2.05) is 0 Å². The summed E-state index contributed by atoms with van der Waals surface area (Å²) in [7, 11) is 0. The van der Waals surface area contributed by atoms with Crippen LogP contribution >= 0.6 is 0 Å². The smallest absolute Gasteiger partial charge is 0.0596 e. The SMILES string of the molecule is CC/C=C(\CC)C1CC[C@]2(C)[C@@H](O)CC[C@H]2[C@@H]1C. The Bertz CT molecular complexity index is 320. The summed E-state index contributed by atoms with van der Waals surface area (Å²) in [6.45, 7) is 9.30. The highest BCUT2D eigenvalue weighted by Gasteiger charge is 2.52. The van der Waals surface area contributed by atoms with E-state index in [-0.39, 0.29) is 11.5 Å². The molecule has 2 fully saturated rings.